The van der Waals surface area contributed by atoms with Gasteiger partial charge in [-0.15, -0.1) is 0 Å². The highest BCUT2D eigenvalue weighted by molar-refractivity contribution is 6.04. The summed E-state index contributed by atoms with van der Waals surface area (Å²) in [5.41, 5.74) is -0.631. The predicted molar refractivity (Wildman–Crippen MR) is 77.5 cm³/mol. The molecular formula is C15H10N2O4. The van der Waals surface area contributed by atoms with Gasteiger partial charge in [0.15, 0.2) is 5.43 Å². The highest BCUT2D eigenvalue weighted by Crippen LogP contribution is 2.10. The van der Waals surface area contributed by atoms with Crippen molar-refractivity contribution in [1.29, 1.82) is 0 Å². The quantitative estimate of drug-likeness (QED) is 0.748. The number of pyridine rings is 1. The number of benzene rings is 1. The Labute approximate surface area is 118 Å². The van der Waals surface area contributed by atoms with Crippen LogP contribution >= 0.6 is 0 Å². The summed E-state index contributed by atoms with van der Waals surface area (Å²) in [6.07, 6.45) is 1.38. The first-order valence-corrected chi connectivity index (χ1v) is 6.17. The topological polar surface area (TPSA) is 92.2 Å². The SMILES string of the molecule is O=C(Nc1cc2c(=O)cc[nH]c2oc1=O)c1ccccc1. The van der Waals surface area contributed by atoms with Gasteiger partial charge in [-0.1, -0.05) is 18.2 Å². The number of amides is 1. The van der Waals surface area contributed by atoms with Crippen molar-refractivity contribution in [2.75, 3.05) is 5.32 Å². The molecule has 0 aliphatic rings. The Kier molecular flexibility index (Phi) is 3.12. The number of rotatable bonds is 2. The van der Waals surface area contributed by atoms with Crippen LogP contribution in [-0.2, 0) is 0 Å². The van der Waals surface area contributed by atoms with Crippen LogP contribution in [0.2, 0.25) is 0 Å². The van der Waals surface area contributed by atoms with Crippen molar-refractivity contribution >= 4 is 22.7 Å². The van der Waals surface area contributed by atoms with E-state index in [2.05, 4.69) is 10.3 Å². The van der Waals surface area contributed by atoms with Crippen molar-refractivity contribution in [2.45, 2.75) is 0 Å². The molecule has 0 fully saturated rings. The van der Waals surface area contributed by atoms with E-state index in [0.29, 0.717) is 5.56 Å². The molecule has 0 saturated carbocycles. The lowest BCUT2D eigenvalue weighted by atomic mass is 10.2. The van der Waals surface area contributed by atoms with Gasteiger partial charge in [-0.25, -0.2) is 4.79 Å². The number of anilines is 1. The molecule has 21 heavy (non-hydrogen) atoms. The molecular weight excluding hydrogens is 272 g/mol. The van der Waals surface area contributed by atoms with Crippen LogP contribution in [0, 0.1) is 0 Å². The summed E-state index contributed by atoms with van der Waals surface area (Å²) >= 11 is 0. The monoisotopic (exact) mass is 282 g/mol. The van der Waals surface area contributed by atoms with E-state index in [-0.39, 0.29) is 22.2 Å². The van der Waals surface area contributed by atoms with Crippen LogP contribution < -0.4 is 16.4 Å². The summed E-state index contributed by atoms with van der Waals surface area (Å²) < 4.78 is 4.98. The number of aromatic nitrogens is 1. The van der Waals surface area contributed by atoms with Crippen LogP contribution in [0.4, 0.5) is 5.69 Å². The number of hydrogen-bond acceptors (Lipinski definition) is 4. The number of H-pyrrole nitrogens is 1. The molecule has 6 heteroatoms. The van der Waals surface area contributed by atoms with Crippen LogP contribution in [0.15, 0.2) is 62.7 Å². The number of nitrogens with one attached hydrogen (secondary N) is 2. The van der Waals surface area contributed by atoms with E-state index >= 15 is 0 Å². The van der Waals surface area contributed by atoms with Crippen molar-refractivity contribution in [3.8, 4) is 0 Å². The molecule has 104 valence electrons. The summed E-state index contributed by atoms with van der Waals surface area (Å²) in [6.45, 7) is 0. The van der Waals surface area contributed by atoms with Gasteiger partial charge in [0.05, 0.1) is 5.39 Å². The third kappa shape index (κ3) is 2.46. The Morgan fingerprint density at radius 2 is 1.86 bits per heavy atom. The number of fused-ring (bicyclic) bond motifs is 1. The molecule has 2 heterocycles. The van der Waals surface area contributed by atoms with Gasteiger partial charge in [0.25, 0.3) is 5.91 Å². The van der Waals surface area contributed by atoms with Gasteiger partial charge in [-0.2, -0.15) is 0 Å². The molecule has 2 aromatic heterocycles. The van der Waals surface area contributed by atoms with E-state index in [9.17, 15) is 14.4 Å². The highest BCUT2D eigenvalue weighted by atomic mass is 16.4. The minimum Gasteiger partial charge on any atom is -0.404 e. The summed E-state index contributed by atoms with van der Waals surface area (Å²) in [6, 6.07) is 11.0. The van der Waals surface area contributed by atoms with Crippen LogP contribution in [0.25, 0.3) is 11.1 Å². The van der Waals surface area contributed by atoms with Crippen molar-refractivity contribution in [3.63, 3.8) is 0 Å². The van der Waals surface area contributed by atoms with E-state index in [1.54, 1.807) is 30.3 Å². The van der Waals surface area contributed by atoms with Crippen LogP contribution in [0.3, 0.4) is 0 Å². The molecule has 3 aromatic rings. The standard InChI is InChI=1S/C15H10N2O4/c18-12-6-7-16-14-10(12)8-11(15(20)21-14)17-13(19)9-4-2-1-3-5-9/h1-8H,(H,16,18)(H,17,19). The van der Waals surface area contributed by atoms with Gasteiger partial charge in [-0.3, -0.25) is 9.59 Å². The molecule has 0 aliphatic carbocycles. The maximum absolute atomic E-state index is 12.0. The second kappa shape index (κ2) is 5.09. The molecule has 2 N–H and O–H groups in total. The molecule has 0 unspecified atom stereocenters. The van der Waals surface area contributed by atoms with Crippen LogP contribution in [0.1, 0.15) is 10.4 Å². The third-order valence-corrected chi connectivity index (χ3v) is 2.95. The third-order valence-electron chi connectivity index (χ3n) is 2.95. The van der Waals surface area contributed by atoms with Crippen molar-refractivity contribution < 1.29 is 9.21 Å². The molecule has 0 radical (unpaired) electrons. The maximum Gasteiger partial charge on any atom is 0.361 e. The fourth-order valence-electron chi connectivity index (χ4n) is 1.92. The molecule has 0 atom stereocenters. The first-order chi connectivity index (χ1) is 10.1. The predicted octanol–water partition coefficient (Wildman–Crippen LogP) is 1.73. The molecule has 0 aliphatic heterocycles. The van der Waals surface area contributed by atoms with E-state index < -0.39 is 11.5 Å². The molecule has 0 spiro atoms. The summed E-state index contributed by atoms with van der Waals surface area (Å²) in [4.78, 5) is 38.2. The Balaban J connectivity index is 2.03. The summed E-state index contributed by atoms with van der Waals surface area (Å²) in [5, 5.41) is 2.64. The minimum absolute atomic E-state index is 0.0743. The zero-order valence-corrected chi connectivity index (χ0v) is 10.8. The van der Waals surface area contributed by atoms with Gasteiger partial charge in [0, 0.05) is 17.8 Å². The van der Waals surface area contributed by atoms with E-state index in [1.807, 2.05) is 0 Å². The molecule has 1 amide bonds. The maximum atomic E-state index is 12.0. The normalized spacial score (nSPS) is 10.5. The van der Waals surface area contributed by atoms with Gasteiger partial charge in [-0.05, 0) is 18.2 Å². The lowest BCUT2D eigenvalue weighted by Gasteiger charge is -2.04. The minimum atomic E-state index is -0.728. The zero-order valence-electron chi connectivity index (χ0n) is 10.8. The average Bonchev–Trinajstić information content (AvgIpc) is 2.50. The molecule has 6 nitrogen and oxygen atoms in total. The molecule has 0 saturated heterocycles. The van der Waals surface area contributed by atoms with Crippen LogP contribution in [0.5, 0.6) is 0 Å². The van der Waals surface area contributed by atoms with E-state index in [1.165, 1.54) is 18.3 Å². The Morgan fingerprint density at radius 3 is 2.62 bits per heavy atom. The lowest BCUT2D eigenvalue weighted by molar-refractivity contribution is 0.102. The second-order valence-corrected chi connectivity index (χ2v) is 4.35. The molecule has 0 bridgehead atoms. The smallest absolute Gasteiger partial charge is 0.361 e. The Morgan fingerprint density at radius 1 is 1.10 bits per heavy atom. The van der Waals surface area contributed by atoms with Gasteiger partial charge < -0.3 is 14.7 Å². The first kappa shape index (κ1) is 12.9. The summed E-state index contributed by atoms with van der Waals surface area (Å²) in [7, 11) is 0. The van der Waals surface area contributed by atoms with Crippen molar-refractivity contribution in [3.05, 3.63) is 74.9 Å². The van der Waals surface area contributed by atoms with Gasteiger partial charge >= 0.3 is 5.63 Å². The van der Waals surface area contributed by atoms with Crippen molar-refractivity contribution in [1.82, 2.24) is 4.98 Å². The first-order valence-electron chi connectivity index (χ1n) is 6.17. The van der Waals surface area contributed by atoms with Gasteiger partial charge in [0.1, 0.15) is 5.69 Å². The van der Waals surface area contributed by atoms with Crippen LogP contribution in [-0.4, -0.2) is 10.9 Å². The summed E-state index contributed by atoms with van der Waals surface area (Å²) in [5.74, 6) is -0.449. The van der Waals surface area contributed by atoms with Crippen molar-refractivity contribution in [2.24, 2.45) is 0 Å². The number of carbonyl (C=O) groups excluding carboxylic acids is 1. The fourth-order valence-corrected chi connectivity index (χ4v) is 1.92. The average molecular weight is 282 g/mol. The number of aromatic amines is 1. The fraction of sp³-hybridized carbons (Fsp3) is 0. The lowest BCUT2D eigenvalue weighted by Crippen LogP contribution is -2.18. The Hall–Kier alpha value is -3.15. The number of carbonyl (C=O) groups is 1. The second-order valence-electron chi connectivity index (χ2n) is 4.35. The van der Waals surface area contributed by atoms with E-state index in [4.69, 9.17) is 4.42 Å². The van der Waals surface area contributed by atoms with Gasteiger partial charge in [0.2, 0.25) is 5.71 Å². The highest BCUT2D eigenvalue weighted by Gasteiger charge is 2.11. The largest absolute Gasteiger partial charge is 0.404 e. The zero-order chi connectivity index (χ0) is 14.8. The molecule has 1 aromatic carbocycles. The van der Waals surface area contributed by atoms with E-state index in [0.717, 1.165) is 0 Å². The molecule has 3 rings (SSSR count). The number of hydrogen-bond donors (Lipinski definition) is 2. The Bertz CT molecular complexity index is 926.